The first-order valence-corrected chi connectivity index (χ1v) is 5.37. The number of pyridine rings is 1. The van der Waals surface area contributed by atoms with Crippen LogP contribution in [0.25, 0.3) is 0 Å². The number of ether oxygens (including phenoxy) is 1. The van der Waals surface area contributed by atoms with Crippen molar-refractivity contribution in [2.45, 2.75) is 13.8 Å². The van der Waals surface area contributed by atoms with Crippen molar-refractivity contribution in [3.05, 3.63) is 47.7 Å². The highest BCUT2D eigenvalue weighted by molar-refractivity contribution is 5.44. The Morgan fingerprint density at radius 3 is 2.76 bits per heavy atom. The Labute approximate surface area is 100 Å². The number of hydrazine groups is 1. The van der Waals surface area contributed by atoms with Gasteiger partial charge in [0.05, 0.1) is 0 Å². The van der Waals surface area contributed by atoms with Crippen LogP contribution in [-0.2, 0) is 0 Å². The van der Waals surface area contributed by atoms with Crippen LogP contribution in [-0.4, -0.2) is 4.98 Å². The molecule has 0 aliphatic rings. The molecule has 2 aromatic rings. The quantitative estimate of drug-likeness (QED) is 0.627. The Morgan fingerprint density at radius 2 is 2.00 bits per heavy atom. The largest absolute Gasteiger partial charge is 0.457 e. The summed E-state index contributed by atoms with van der Waals surface area (Å²) in [6.07, 6.45) is 1.65. The van der Waals surface area contributed by atoms with E-state index in [1.807, 2.05) is 26.0 Å². The molecule has 0 saturated heterocycles. The molecule has 1 aromatic heterocycles. The third-order valence-corrected chi connectivity index (χ3v) is 2.45. The lowest BCUT2D eigenvalue weighted by molar-refractivity contribution is 0.478. The van der Waals surface area contributed by atoms with Gasteiger partial charge in [-0.3, -0.25) is 0 Å². The first kappa shape index (κ1) is 11.4. The Hall–Kier alpha value is -2.07. The molecule has 0 aliphatic carbocycles. The predicted octanol–water partition coefficient (Wildman–Crippen LogP) is 2.78. The van der Waals surface area contributed by atoms with Gasteiger partial charge in [0.1, 0.15) is 17.3 Å². The van der Waals surface area contributed by atoms with Crippen LogP contribution in [0.15, 0.2) is 36.5 Å². The molecule has 2 rings (SSSR count). The lowest BCUT2D eigenvalue weighted by Crippen LogP contribution is -2.08. The molecule has 0 radical (unpaired) electrons. The number of nitrogens with two attached hydrogens (primary N) is 1. The van der Waals surface area contributed by atoms with Gasteiger partial charge < -0.3 is 10.2 Å². The summed E-state index contributed by atoms with van der Waals surface area (Å²) in [5, 5.41) is 0. The molecule has 0 amide bonds. The van der Waals surface area contributed by atoms with E-state index in [0.717, 1.165) is 16.9 Å². The van der Waals surface area contributed by atoms with E-state index in [-0.39, 0.29) is 0 Å². The Kier molecular flexibility index (Phi) is 3.25. The summed E-state index contributed by atoms with van der Waals surface area (Å²) in [6, 6.07) is 9.64. The van der Waals surface area contributed by atoms with E-state index in [1.54, 1.807) is 18.3 Å². The minimum atomic E-state index is 0.577. The fourth-order valence-electron chi connectivity index (χ4n) is 1.50. The summed E-state index contributed by atoms with van der Waals surface area (Å²) < 4.78 is 5.80. The van der Waals surface area contributed by atoms with E-state index in [0.29, 0.717) is 11.6 Å². The van der Waals surface area contributed by atoms with Crippen LogP contribution in [0.4, 0.5) is 5.82 Å². The van der Waals surface area contributed by atoms with Crippen LogP contribution in [0, 0.1) is 13.8 Å². The van der Waals surface area contributed by atoms with Crippen LogP contribution in [0.1, 0.15) is 11.1 Å². The van der Waals surface area contributed by atoms with Gasteiger partial charge in [0, 0.05) is 12.3 Å². The summed E-state index contributed by atoms with van der Waals surface area (Å²) in [6.45, 7) is 4.05. The average molecular weight is 229 g/mol. The van der Waals surface area contributed by atoms with Crippen LogP contribution in [0.2, 0.25) is 0 Å². The maximum absolute atomic E-state index is 5.80. The minimum absolute atomic E-state index is 0.577. The van der Waals surface area contributed by atoms with Crippen molar-refractivity contribution in [3.8, 4) is 11.5 Å². The normalized spacial score (nSPS) is 10.1. The van der Waals surface area contributed by atoms with Crippen molar-refractivity contribution in [2.75, 3.05) is 5.43 Å². The van der Waals surface area contributed by atoms with Gasteiger partial charge in [0.2, 0.25) is 0 Å². The van der Waals surface area contributed by atoms with Gasteiger partial charge in [-0.05, 0) is 37.1 Å². The molecule has 0 bridgehead atoms. The molecule has 0 atom stereocenters. The number of nitrogens with one attached hydrogen (secondary N) is 1. The number of hydrogen-bond acceptors (Lipinski definition) is 4. The number of nitrogens with zero attached hydrogens (tertiary/aromatic N) is 1. The molecule has 1 aromatic carbocycles. The Morgan fingerprint density at radius 1 is 1.18 bits per heavy atom. The zero-order valence-electron chi connectivity index (χ0n) is 9.90. The number of anilines is 1. The van der Waals surface area contributed by atoms with Gasteiger partial charge in [-0.1, -0.05) is 12.1 Å². The maximum Gasteiger partial charge on any atom is 0.143 e. The van der Waals surface area contributed by atoms with Crippen LogP contribution >= 0.6 is 0 Å². The van der Waals surface area contributed by atoms with Crippen molar-refractivity contribution in [3.63, 3.8) is 0 Å². The predicted molar refractivity (Wildman–Crippen MR) is 68.0 cm³/mol. The molecular weight excluding hydrogens is 214 g/mol. The molecule has 0 fully saturated rings. The van der Waals surface area contributed by atoms with Crippen molar-refractivity contribution in [1.29, 1.82) is 0 Å². The summed E-state index contributed by atoms with van der Waals surface area (Å²) in [7, 11) is 0. The van der Waals surface area contributed by atoms with Crippen LogP contribution in [0.5, 0.6) is 11.5 Å². The number of nitrogen functional groups attached to an aromatic ring is 1. The zero-order chi connectivity index (χ0) is 12.3. The number of benzene rings is 1. The van der Waals surface area contributed by atoms with Gasteiger partial charge in [0.15, 0.2) is 0 Å². The van der Waals surface area contributed by atoms with Crippen molar-refractivity contribution >= 4 is 5.82 Å². The highest BCUT2D eigenvalue weighted by atomic mass is 16.5. The first-order chi connectivity index (χ1) is 8.19. The van der Waals surface area contributed by atoms with Crippen molar-refractivity contribution in [1.82, 2.24) is 4.98 Å². The van der Waals surface area contributed by atoms with E-state index < -0.39 is 0 Å². The van der Waals surface area contributed by atoms with E-state index in [2.05, 4.69) is 16.5 Å². The number of hydrogen-bond donors (Lipinski definition) is 2. The molecule has 0 spiro atoms. The first-order valence-electron chi connectivity index (χ1n) is 5.37. The zero-order valence-corrected chi connectivity index (χ0v) is 9.90. The number of rotatable bonds is 3. The third kappa shape index (κ3) is 2.73. The summed E-state index contributed by atoms with van der Waals surface area (Å²) in [5.74, 6) is 7.43. The maximum atomic E-state index is 5.80. The van der Waals surface area contributed by atoms with E-state index in [1.165, 1.54) is 0 Å². The monoisotopic (exact) mass is 229 g/mol. The number of aromatic nitrogens is 1. The fraction of sp³-hybridized carbons (Fsp3) is 0.154. The molecule has 4 heteroatoms. The van der Waals surface area contributed by atoms with Gasteiger partial charge in [-0.15, -0.1) is 0 Å². The summed E-state index contributed by atoms with van der Waals surface area (Å²) in [4.78, 5) is 4.02. The lowest BCUT2D eigenvalue weighted by Gasteiger charge is -2.10. The van der Waals surface area contributed by atoms with Crippen LogP contribution in [0.3, 0.4) is 0 Å². The Bertz CT molecular complexity index is 526. The van der Waals surface area contributed by atoms with Gasteiger partial charge >= 0.3 is 0 Å². The third-order valence-electron chi connectivity index (χ3n) is 2.45. The summed E-state index contributed by atoms with van der Waals surface area (Å²) >= 11 is 0. The molecule has 0 saturated carbocycles. The average Bonchev–Trinajstić information content (AvgIpc) is 2.34. The SMILES string of the molecule is Cc1ccc(C)c(Oc2ccnc(NN)c2)c1. The molecule has 0 unspecified atom stereocenters. The molecular formula is C13H15N3O. The Balaban J connectivity index is 2.27. The van der Waals surface area contributed by atoms with Crippen LogP contribution < -0.4 is 16.0 Å². The van der Waals surface area contributed by atoms with E-state index in [4.69, 9.17) is 10.6 Å². The standard InChI is InChI=1S/C13H15N3O/c1-9-3-4-10(2)12(7-9)17-11-5-6-15-13(8-11)16-14/h3-8H,14H2,1-2H3,(H,15,16). The second-order valence-electron chi connectivity index (χ2n) is 3.89. The van der Waals surface area contributed by atoms with E-state index >= 15 is 0 Å². The minimum Gasteiger partial charge on any atom is -0.457 e. The van der Waals surface area contributed by atoms with Crippen molar-refractivity contribution in [2.24, 2.45) is 5.84 Å². The smallest absolute Gasteiger partial charge is 0.143 e. The van der Waals surface area contributed by atoms with Crippen molar-refractivity contribution < 1.29 is 4.74 Å². The molecule has 88 valence electrons. The molecule has 0 aliphatic heterocycles. The molecule has 17 heavy (non-hydrogen) atoms. The highest BCUT2D eigenvalue weighted by Gasteiger charge is 2.02. The second-order valence-corrected chi connectivity index (χ2v) is 3.89. The fourth-order valence-corrected chi connectivity index (χ4v) is 1.50. The van der Waals surface area contributed by atoms with Gasteiger partial charge in [-0.2, -0.15) is 0 Å². The van der Waals surface area contributed by atoms with Gasteiger partial charge in [0.25, 0.3) is 0 Å². The second kappa shape index (κ2) is 4.84. The topological polar surface area (TPSA) is 60.2 Å². The lowest BCUT2D eigenvalue weighted by atomic mass is 10.1. The molecule has 1 heterocycles. The number of aryl methyl sites for hydroxylation is 2. The van der Waals surface area contributed by atoms with E-state index in [9.17, 15) is 0 Å². The highest BCUT2D eigenvalue weighted by Crippen LogP contribution is 2.26. The van der Waals surface area contributed by atoms with Gasteiger partial charge in [-0.25, -0.2) is 10.8 Å². The molecule has 4 nitrogen and oxygen atoms in total. The molecule has 3 N–H and O–H groups in total. The summed E-state index contributed by atoms with van der Waals surface area (Å²) in [5.41, 5.74) is 4.74.